The molecule has 2 aliphatic rings. The lowest BCUT2D eigenvalue weighted by atomic mass is 9.82. The normalized spacial score (nSPS) is 23.5. The van der Waals surface area contributed by atoms with Crippen LogP contribution >= 0.6 is 0 Å². The number of hydrogen-bond donors (Lipinski definition) is 2. The van der Waals surface area contributed by atoms with Crippen LogP contribution in [0.3, 0.4) is 0 Å². The summed E-state index contributed by atoms with van der Waals surface area (Å²) in [6.07, 6.45) is -2.28. The number of esters is 1. The molecule has 1 aliphatic heterocycles. The number of ketones is 2. The molecule has 2 N–H and O–H groups in total. The molecule has 176 valence electrons. The van der Waals surface area contributed by atoms with Crippen molar-refractivity contribution in [3.05, 3.63) is 68.6 Å². The minimum atomic E-state index is -0.895. The zero-order chi connectivity index (χ0) is 24.6. The molecule has 4 rings (SSSR count). The van der Waals surface area contributed by atoms with Crippen LogP contribution < -0.4 is 0 Å². The second kappa shape index (κ2) is 9.14. The van der Waals surface area contributed by atoms with E-state index in [1.807, 2.05) is 0 Å². The van der Waals surface area contributed by atoms with E-state index in [-0.39, 0.29) is 40.8 Å². The highest BCUT2D eigenvalue weighted by Gasteiger charge is 2.39. The van der Waals surface area contributed by atoms with Crippen molar-refractivity contribution in [2.24, 2.45) is 5.11 Å². The van der Waals surface area contributed by atoms with Crippen molar-refractivity contribution in [3.8, 4) is 11.5 Å². The van der Waals surface area contributed by atoms with E-state index in [9.17, 15) is 24.6 Å². The van der Waals surface area contributed by atoms with Crippen LogP contribution in [0.25, 0.3) is 10.4 Å². The van der Waals surface area contributed by atoms with Crippen LogP contribution in [0.2, 0.25) is 0 Å². The summed E-state index contributed by atoms with van der Waals surface area (Å²) in [5, 5.41) is 25.0. The Kier molecular flexibility index (Phi) is 6.25. The van der Waals surface area contributed by atoms with Crippen molar-refractivity contribution >= 4 is 17.5 Å². The predicted octanol–water partition coefficient (Wildman–Crippen LogP) is 3.14. The predicted molar refractivity (Wildman–Crippen MR) is 115 cm³/mol. The van der Waals surface area contributed by atoms with Crippen LogP contribution in [0.4, 0.5) is 0 Å². The summed E-state index contributed by atoms with van der Waals surface area (Å²) in [7, 11) is 0. The van der Waals surface area contributed by atoms with Gasteiger partial charge in [0.25, 0.3) is 0 Å². The van der Waals surface area contributed by atoms with E-state index in [2.05, 4.69) is 10.0 Å². The number of phenols is 2. The largest absolute Gasteiger partial charge is 0.507 e. The third-order valence-corrected chi connectivity index (χ3v) is 5.80. The molecule has 11 nitrogen and oxygen atoms in total. The average molecular weight is 467 g/mol. The maximum Gasteiger partial charge on any atom is 0.303 e. The Morgan fingerprint density at radius 2 is 1.85 bits per heavy atom. The first-order valence-electron chi connectivity index (χ1n) is 10.5. The van der Waals surface area contributed by atoms with E-state index in [0.717, 1.165) is 6.07 Å². The molecule has 0 aromatic heterocycles. The number of nitrogens with zero attached hydrogens (tertiary/aromatic N) is 3. The van der Waals surface area contributed by atoms with Gasteiger partial charge in [0.05, 0.1) is 29.9 Å². The van der Waals surface area contributed by atoms with Gasteiger partial charge in [0.15, 0.2) is 17.9 Å². The molecule has 0 unspecified atom stereocenters. The number of phenolic OH excluding ortho intramolecular Hbond substituents is 2. The van der Waals surface area contributed by atoms with Gasteiger partial charge in [-0.05, 0) is 18.5 Å². The van der Waals surface area contributed by atoms with Gasteiger partial charge in [0.2, 0.25) is 0 Å². The maximum atomic E-state index is 13.0. The van der Waals surface area contributed by atoms with E-state index < -0.39 is 53.6 Å². The van der Waals surface area contributed by atoms with Crippen LogP contribution in [-0.4, -0.2) is 52.3 Å². The van der Waals surface area contributed by atoms with E-state index >= 15 is 0 Å². The summed E-state index contributed by atoms with van der Waals surface area (Å²) in [6.45, 7) is 2.58. The van der Waals surface area contributed by atoms with Crippen molar-refractivity contribution < 1.29 is 38.8 Å². The minimum absolute atomic E-state index is 0.0643. The quantitative estimate of drug-likeness (QED) is 0.190. The van der Waals surface area contributed by atoms with Crippen molar-refractivity contribution in [2.45, 2.75) is 51.4 Å². The summed E-state index contributed by atoms with van der Waals surface area (Å²) >= 11 is 0. The smallest absolute Gasteiger partial charge is 0.303 e. The van der Waals surface area contributed by atoms with Crippen LogP contribution in [0, 0.1) is 0 Å². The van der Waals surface area contributed by atoms with E-state index in [0.29, 0.717) is 0 Å². The van der Waals surface area contributed by atoms with Gasteiger partial charge < -0.3 is 24.4 Å². The SMILES string of the molecule is CC(=O)O[C@H]1[C@@H](N=[N+]=[N-])C[C@H](OCc2cc(O)c3c(c2O)C(=O)c2ccccc2C3=O)O[C@H]1C. The number of carbonyl (C=O) groups excluding carboxylic acids is 3. The summed E-state index contributed by atoms with van der Waals surface area (Å²) in [5.74, 6) is -2.64. The van der Waals surface area contributed by atoms with Gasteiger partial charge in [-0.1, -0.05) is 29.4 Å². The Hall–Kier alpha value is -3.92. The van der Waals surface area contributed by atoms with Crippen molar-refractivity contribution in [1.29, 1.82) is 0 Å². The van der Waals surface area contributed by atoms with Crippen LogP contribution in [0.5, 0.6) is 11.5 Å². The van der Waals surface area contributed by atoms with Crippen molar-refractivity contribution in [2.75, 3.05) is 0 Å². The average Bonchev–Trinajstić information content (AvgIpc) is 2.80. The first kappa shape index (κ1) is 23.2. The second-order valence-corrected chi connectivity index (χ2v) is 8.02. The van der Waals surface area contributed by atoms with Crippen molar-refractivity contribution in [3.63, 3.8) is 0 Å². The Labute approximate surface area is 193 Å². The van der Waals surface area contributed by atoms with E-state index in [1.54, 1.807) is 19.1 Å². The first-order chi connectivity index (χ1) is 16.2. The molecule has 1 fully saturated rings. The number of rotatable bonds is 5. The standard InChI is InChI=1S/C23H21N3O8/c1-10-23(34-11(2)27)15(25-26-24)8-17(33-10)32-9-12-7-16(28)18-19(20(12)29)22(31)14-6-4-3-5-13(14)21(18)30/h3-7,10,15,17,23,28-29H,8-9H2,1-2H3/t10-,15-,17+,23+/m0/s1. The van der Waals surface area contributed by atoms with E-state index in [4.69, 9.17) is 19.7 Å². The molecule has 0 saturated carbocycles. The molecule has 4 atom stereocenters. The number of benzene rings is 2. The van der Waals surface area contributed by atoms with Gasteiger partial charge in [-0.3, -0.25) is 14.4 Å². The molecular formula is C23H21N3O8. The molecule has 0 amide bonds. The van der Waals surface area contributed by atoms with Gasteiger partial charge >= 0.3 is 5.97 Å². The number of carbonyl (C=O) groups is 3. The third-order valence-electron chi connectivity index (χ3n) is 5.80. The molecule has 1 saturated heterocycles. The molecule has 1 aliphatic carbocycles. The fraction of sp³-hybridized carbons (Fsp3) is 0.348. The molecule has 0 spiro atoms. The Balaban J connectivity index is 1.57. The van der Waals surface area contributed by atoms with Gasteiger partial charge in [-0.2, -0.15) is 0 Å². The first-order valence-corrected chi connectivity index (χ1v) is 10.5. The fourth-order valence-electron chi connectivity index (χ4n) is 4.27. The summed E-state index contributed by atoms with van der Waals surface area (Å²) in [6, 6.07) is 6.58. The number of aromatic hydroxyl groups is 2. The lowest BCUT2D eigenvalue weighted by Crippen LogP contribution is -2.48. The highest BCUT2D eigenvalue weighted by atomic mass is 16.7. The van der Waals surface area contributed by atoms with Crippen molar-refractivity contribution in [1.82, 2.24) is 0 Å². The molecule has 11 heteroatoms. The van der Waals surface area contributed by atoms with Gasteiger partial charge in [-0.15, -0.1) is 0 Å². The molecule has 34 heavy (non-hydrogen) atoms. The highest BCUT2D eigenvalue weighted by molar-refractivity contribution is 6.30. The Morgan fingerprint density at radius 1 is 1.21 bits per heavy atom. The molecular weight excluding hydrogens is 446 g/mol. The zero-order valence-electron chi connectivity index (χ0n) is 18.3. The monoisotopic (exact) mass is 467 g/mol. The third kappa shape index (κ3) is 4.08. The minimum Gasteiger partial charge on any atom is -0.507 e. The highest BCUT2D eigenvalue weighted by Crippen LogP contribution is 2.40. The Morgan fingerprint density at radius 3 is 2.47 bits per heavy atom. The number of fused-ring (bicyclic) bond motifs is 2. The molecule has 1 heterocycles. The number of ether oxygens (including phenoxy) is 3. The zero-order valence-corrected chi connectivity index (χ0v) is 18.3. The molecule has 0 radical (unpaired) electrons. The fourth-order valence-corrected chi connectivity index (χ4v) is 4.27. The molecule has 0 bridgehead atoms. The summed E-state index contributed by atoms with van der Waals surface area (Å²) in [4.78, 5) is 40.0. The summed E-state index contributed by atoms with van der Waals surface area (Å²) < 4.78 is 16.6. The molecule has 2 aromatic carbocycles. The van der Waals surface area contributed by atoms with Gasteiger partial charge in [-0.25, -0.2) is 0 Å². The van der Waals surface area contributed by atoms with Crippen LogP contribution in [0.15, 0.2) is 35.4 Å². The lowest BCUT2D eigenvalue weighted by molar-refractivity contribution is -0.233. The Bertz CT molecular complexity index is 1240. The maximum absolute atomic E-state index is 13.0. The number of hydrogen-bond acceptors (Lipinski definition) is 9. The van der Waals surface area contributed by atoms with Gasteiger partial charge in [0.1, 0.15) is 17.6 Å². The lowest BCUT2D eigenvalue weighted by Gasteiger charge is -2.37. The topological polar surface area (TPSA) is 168 Å². The number of azide groups is 1. The van der Waals surface area contributed by atoms with Crippen LogP contribution in [0.1, 0.15) is 57.7 Å². The van der Waals surface area contributed by atoms with Crippen LogP contribution in [-0.2, 0) is 25.6 Å². The molecule has 2 aromatic rings. The van der Waals surface area contributed by atoms with E-state index in [1.165, 1.54) is 19.1 Å². The second-order valence-electron chi connectivity index (χ2n) is 8.02. The summed E-state index contributed by atoms with van der Waals surface area (Å²) in [5.41, 5.74) is 8.65. The van der Waals surface area contributed by atoms with Gasteiger partial charge in [0, 0.05) is 34.9 Å².